The van der Waals surface area contributed by atoms with Gasteiger partial charge in [0.05, 0.1) is 7.11 Å². The lowest BCUT2D eigenvalue weighted by Gasteiger charge is -2.13. The number of rotatable bonds is 5. The van der Waals surface area contributed by atoms with E-state index in [1.54, 1.807) is 31.4 Å². The number of allylic oxidation sites excluding steroid dienone is 1. The molecule has 0 bridgehead atoms. The fraction of sp³-hybridized carbons (Fsp3) is 0.333. The minimum Gasteiger partial charge on any atom is -0.497 e. The summed E-state index contributed by atoms with van der Waals surface area (Å²) in [6.07, 6.45) is 2.81. The predicted octanol–water partition coefficient (Wildman–Crippen LogP) is 2.06. The Morgan fingerprint density at radius 3 is 2.25 bits per heavy atom. The summed E-state index contributed by atoms with van der Waals surface area (Å²) in [5, 5.41) is 0. The van der Waals surface area contributed by atoms with Gasteiger partial charge in [-0.25, -0.2) is 0 Å². The topological polar surface area (TPSA) is 67.4 Å². The molecule has 20 heavy (non-hydrogen) atoms. The molecule has 0 spiro atoms. The number of hydrazine groups is 1. The van der Waals surface area contributed by atoms with Gasteiger partial charge in [-0.3, -0.25) is 15.0 Å². The molecule has 0 radical (unpaired) electrons. The molecule has 5 heteroatoms. The van der Waals surface area contributed by atoms with Crippen LogP contribution in [0.1, 0.15) is 31.1 Å². The molecule has 0 fully saturated rings. The monoisotopic (exact) mass is 276 g/mol. The van der Waals surface area contributed by atoms with Crippen LogP contribution in [0.5, 0.6) is 5.75 Å². The number of methoxy groups -OCH3 is 1. The van der Waals surface area contributed by atoms with Crippen LogP contribution in [-0.2, 0) is 4.79 Å². The number of amides is 1. The standard InChI is InChI=1S/C15H20N2O3/c1-15(2,3)13(18)9-10-16-17-14(19)11-5-7-12(20-4)8-6-11/h5-10,16H,1-4H3,(H,17,19)/b10-9+. The summed E-state index contributed by atoms with van der Waals surface area (Å²) in [6.45, 7) is 5.49. The minimum absolute atomic E-state index is 0.0244. The smallest absolute Gasteiger partial charge is 0.269 e. The number of benzene rings is 1. The second kappa shape index (κ2) is 6.75. The van der Waals surface area contributed by atoms with E-state index in [1.165, 1.54) is 12.3 Å². The molecule has 1 rings (SSSR count). The number of ether oxygens (including phenoxy) is 1. The highest BCUT2D eigenvalue weighted by Crippen LogP contribution is 2.14. The van der Waals surface area contributed by atoms with Gasteiger partial charge in [0.15, 0.2) is 5.78 Å². The lowest BCUT2D eigenvalue weighted by molar-refractivity contribution is -0.121. The molecule has 108 valence electrons. The third kappa shape index (κ3) is 4.76. The van der Waals surface area contributed by atoms with Gasteiger partial charge in [0, 0.05) is 17.2 Å². The van der Waals surface area contributed by atoms with Crippen LogP contribution in [0, 0.1) is 5.41 Å². The number of nitrogens with one attached hydrogen (secondary N) is 2. The van der Waals surface area contributed by atoms with Crippen molar-refractivity contribution in [1.82, 2.24) is 10.9 Å². The molecule has 5 nitrogen and oxygen atoms in total. The first kappa shape index (κ1) is 15.8. The Labute approximate surface area is 119 Å². The summed E-state index contributed by atoms with van der Waals surface area (Å²) in [6, 6.07) is 6.71. The first-order valence-electron chi connectivity index (χ1n) is 6.25. The highest BCUT2D eigenvalue weighted by Gasteiger charge is 2.17. The molecular weight excluding hydrogens is 256 g/mol. The van der Waals surface area contributed by atoms with Crippen LogP contribution in [0.3, 0.4) is 0 Å². The van der Waals surface area contributed by atoms with Crippen molar-refractivity contribution >= 4 is 11.7 Å². The number of hydrogen-bond donors (Lipinski definition) is 2. The SMILES string of the molecule is COc1ccc(C(=O)NN/C=C/C(=O)C(C)(C)C)cc1. The van der Waals surface area contributed by atoms with E-state index in [2.05, 4.69) is 10.9 Å². The Morgan fingerprint density at radius 1 is 1.15 bits per heavy atom. The fourth-order valence-electron chi connectivity index (χ4n) is 1.29. The van der Waals surface area contributed by atoms with Crippen LogP contribution in [0.4, 0.5) is 0 Å². The third-order valence-electron chi connectivity index (χ3n) is 2.60. The van der Waals surface area contributed by atoms with Crippen LogP contribution in [-0.4, -0.2) is 18.8 Å². The second-order valence-electron chi connectivity index (χ2n) is 5.27. The first-order valence-corrected chi connectivity index (χ1v) is 6.25. The fourth-order valence-corrected chi connectivity index (χ4v) is 1.29. The van der Waals surface area contributed by atoms with Gasteiger partial charge in [-0.1, -0.05) is 20.8 Å². The van der Waals surface area contributed by atoms with Crippen molar-refractivity contribution in [3.05, 3.63) is 42.1 Å². The largest absolute Gasteiger partial charge is 0.497 e. The van der Waals surface area contributed by atoms with Gasteiger partial charge >= 0.3 is 0 Å². The van der Waals surface area contributed by atoms with Gasteiger partial charge in [-0.2, -0.15) is 0 Å². The van der Waals surface area contributed by atoms with E-state index in [0.29, 0.717) is 11.3 Å². The Kier molecular flexibility index (Phi) is 5.32. The van der Waals surface area contributed by atoms with Gasteiger partial charge in [0.2, 0.25) is 0 Å². The van der Waals surface area contributed by atoms with Crippen molar-refractivity contribution < 1.29 is 14.3 Å². The van der Waals surface area contributed by atoms with Crippen LogP contribution >= 0.6 is 0 Å². The number of hydrogen-bond acceptors (Lipinski definition) is 4. The molecule has 0 saturated carbocycles. The maximum absolute atomic E-state index is 11.8. The molecule has 0 unspecified atom stereocenters. The van der Waals surface area contributed by atoms with Crippen molar-refractivity contribution in [1.29, 1.82) is 0 Å². The molecule has 0 aliphatic rings. The average Bonchev–Trinajstić information content (AvgIpc) is 2.42. The van der Waals surface area contributed by atoms with Gasteiger partial charge in [-0.05, 0) is 30.3 Å². The van der Waals surface area contributed by atoms with Gasteiger partial charge < -0.3 is 10.2 Å². The molecule has 0 aromatic heterocycles. The molecule has 0 atom stereocenters. The zero-order chi connectivity index (χ0) is 15.2. The molecular formula is C15H20N2O3. The van der Waals surface area contributed by atoms with Crippen molar-refractivity contribution in [2.75, 3.05) is 7.11 Å². The zero-order valence-electron chi connectivity index (χ0n) is 12.2. The summed E-state index contributed by atoms with van der Waals surface area (Å²) in [5.41, 5.74) is 5.12. The number of carbonyl (C=O) groups excluding carboxylic acids is 2. The van der Waals surface area contributed by atoms with E-state index >= 15 is 0 Å². The van der Waals surface area contributed by atoms with E-state index in [9.17, 15) is 9.59 Å². The Balaban J connectivity index is 2.47. The van der Waals surface area contributed by atoms with Crippen molar-refractivity contribution in [2.45, 2.75) is 20.8 Å². The summed E-state index contributed by atoms with van der Waals surface area (Å²) in [5.74, 6) is 0.370. The minimum atomic E-state index is -0.432. The Hall–Kier alpha value is -2.30. The first-order chi connectivity index (χ1) is 9.34. The van der Waals surface area contributed by atoms with Crippen LogP contribution < -0.4 is 15.6 Å². The molecule has 0 heterocycles. The third-order valence-corrected chi connectivity index (χ3v) is 2.60. The van der Waals surface area contributed by atoms with E-state index in [1.807, 2.05) is 20.8 Å². The zero-order valence-corrected chi connectivity index (χ0v) is 12.2. The summed E-state index contributed by atoms with van der Waals surface area (Å²) >= 11 is 0. The van der Waals surface area contributed by atoms with Crippen molar-refractivity contribution in [3.8, 4) is 5.75 Å². The number of ketones is 1. The highest BCUT2D eigenvalue weighted by atomic mass is 16.5. The van der Waals surface area contributed by atoms with Gasteiger partial charge in [-0.15, -0.1) is 0 Å². The lowest BCUT2D eigenvalue weighted by atomic mass is 9.91. The van der Waals surface area contributed by atoms with Crippen molar-refractivity contribution in [2.24, 2.45) is 5.41 Å². The van der Waals surface area contributed by atoms with E-state index in [-0.39, 0.29) is 11.7 Å². The predicted molar refractivity (Wildman–Crippen MR) is 77.2 cm³/mol. The van der Waals surface area contributed by atoms with E-state index in [4.69, 9.17) is 4.74 Å². The number of carbonyl (C=O) groups is 2. The van der Waals surface area contributed by atoms with Crippen LogP contribution in [0.15, 0.2) is 36.5 Å². The molecule has 1 aromatic carbocycles. The second-order valence-corrected chi connectivity index (χ2v) is 5.27. The quantitative estimate of drug-likeness (QED) is 0.638. The van der Waals surface area contributed by atoms with Crippen LogP contribution in [0.2, 0.25) is 0 Å². The van der Waals surface area contributed by atoms with E-state index < -0.39 is 5.41 Å². The van der Waals surface area contributed by atoms with Crippen molar-refractivity contribution in [3.63, 3.8) is 0 Å². The average molecular weight is 276 g/mol. The summed E-state index contributed by atoms with van der Waals surface area (Å²) in [7, 11) is 1.56. The maximum atomic E-state index is 11.8. The molecule has 1 amide bonds. The highest BCUT2D eigenvalue weighted by molar-refractivity contribution is 5.95. The Bertz CT molecular complexity index is 499. The van der Waals surface area contributed by atoms with E-state index in [0.717, 1.165) is 0 Å². The Morgan fingerprint density at radius 2 is 1.75 bits per heavy atom. The summed E-state index contributed by atoms with van der Waals surface area (Å²) in [4.78, 5) is 23.3. The normalized spacial score (nSPS) is 11.2. The van der Waals surface area contributed by atoms with Crippen LogP contribution in [0.25, 0.3) is 0 Å². The van der Waals surface area contributed by atoms with Gasteiger partial charge in [0.1, 0.15) is 5.75 Å². The maximum Gasteiger partial charge on any atom is 0.269 e. The molecule has 0 aliphatic heterocycles. The molecule has 0 aliphatic carbocycles. The molecule has 2 N–H and O–H groups in total. The molecule has 0 saturated heterocycles. The summed E-state index contributed by atoms with van der Waals surface area (Å²) < 4.78 is 5.01. The lowest BCUT2D eigenvalue weighted by Crippen LogP contribution is -2.33. The van der Waals surface area contributed by atoms with Gasteiger partial charge in [0.25, 0.3) is 5.91 Å². The molecule has 1 aromatic rings.